The highest BCUT2D eigenvalue weighted by Gasteiger charge is 2.30. The van der Waals surface area contributed by atoms with Crippen LogP contribution in [0.5, 0.6) is 0 Å². The molecular weight excluding hydrogens is 312 g/mol. The van der Waals surface area contributed by atoms with Crippen molar-refractivity contribution in [1.82, 2.24) is 14.8 Å². The molecule has 1 aliphatic rings. The summed E-state index contributed by atoms with van der Waals surface area (Å²) in [5.41, 5.74) is 7.43. The average Bonchev–Trinajstić information content (AvgIpc) is 3.32. The van der Waals surface area contributed by atoms with Crippen LogP contribution >= 0.6 is 0 Å². The molecule has 5 nitrogen and oxygen atoms in total. The van der Waals surface area contributed by atoms with E-state index in [1.54, 1.807) is 4.68 Å². The van der Waals surface area contributed by atoms with Gasteiger partial charge in [0.25, 0.3) is 0 Å². The molecule has 0 atom stereocenters. The highest BCUT2D eigenvalue weighted by molar-refractivity contribution is 5.94. The molecule has 0 radical (unpaired) electrons. The number of aryl methyl sites for hydroxylation is 2. The number of allylic oxidation sites excluding steroid dienone is 2. The average molecular weight is 336 g/mol. The first kappa shape index (κ1) is 15.9. The summed E-state index contributed by atoms with van der Waals surface area (Å²) in [5, 5.41) is 4.11. The van der Waals surface area contributed by atoms with Crippen LogP contribution in [0.2, 0.25) is 0 Å². The van der Waals surface area contributed by atoms with E-state index in [1.807, 2.05) is 13.8 Å². The fraction of sp³-hybridized carbons (Fsp3) is 0.400. The van der Waals surface area contributed by atoms with E-state index < -0.39 is 0 Å². The lowest BCUT2D eigenvalue weighted by molar-refractivity contribution is 0.393. The molecule has 5 heteroatoms. The van der Waals surface area contributed by atoms with Crippen LogP contribution in [0.15, 0.2) is 22.7 Å². The van der Waals surface area contributed by atoms with Crippen LogP contribution in [0.25, 0.3) is 27.7 Å². The summed E-state index contributed by atoms with van der Waals surface area (Å²) in [4.78, 5) is 4.92. The maximum absolute atomic E-state index is 6.43. The van der Waals surface area contributed by atoms with Crippen molar-refractivity contribution in [3.8, 4) is 11.1 Å². The van der Waals surface area contributed by atoms with Crippen molar-refractivity contribution in [2.75, 3.05) is 5.84 Å². The lowest BCUT2D eigenvalue weighted by atomic mass is 9.95. The fourth-order valence-corrected chi connectivity index (χ4v) is 3.68. The van der Waals surface area contributed by atoms with Gasteiger partial charge < -0.3 is 10.4 Å². The van der Waals surface area contributed by atoms with Crippen molar-refractivity contribution in [2.45, 2.75) is 52.9 Å². The first-order chi connectivity index (χ1) is 12.0. The Hall–Kier alpha value is -2.56. The molecule has 1 saturated carbocycles. The zero-order valence-corrected chi connectivity index (χ0v) is 15.3. The number of aromatic nitrogens is 3. The number of hydrogen-bond acceptors (Lipinski definition) is 4. The van der Waals surface area contributed by atoms with Crippen molar-refractivity contribution < 1.29 is 4.52 Å². The summed E-state index contributed by atoms with van der Waals surface area (Å²) in [6, 6.07) is 4.32. The molecule has 0 bridgehead atoms. The quantitative estimate of drug-likeness (QED) is 0.700. The molecule has 130 valence electrons. The molecule has 25 heavy (non-hydrogen) atoms. The minimum absolute atomic E-state index is 0.503. The molecule has 2 N–H and O–H groups in total. The molecule has 0 amide bonds. The van der Waals surface area contributed by atoms with Gasteiger partial charge >= 0.3 is 0 Å². The molecule has 3 aromatic rings. The van der Waals surface area contributed by atoms with Crippen LogP contribution in [0.1, 0.15) is 61.9 Å². The predicted octanol–water partition coefficient (Wildman–Crippen LogP) is 4.71. The van der Waals surface area contributed by atoms with Crippen LogP contribution in [0, 0.1) is 13.8 Å². The lowest BCUT2D eigenvalue weighted by Gasteiger charge is -2.10. The van der Waals surface area contributed by atoms with E-state index in [4.69, 9.17) is 15.3 Å². The molecule has 1 aromatic carbocycles. The van der Waals surface area contributed by atoms with E-state index in [9.17, 15) is 0 Å². The van der Waals surface area contributed by atoms with Gasteiger partial charge in [0.2, 0.25) is 0 Å². The Morgan fingerprint density at radius 2 is 2.12 bits per heavy atom. The number of nitrogen functional groups attached to an aromatic ring is 1. The zero-order chi connectivity index (χ0) is 17.7. The van der Waals surface area contributed by atoms with E-state index in [2.05, 4.69) is 37.2 Å². The second-order valence-electron chi connectivity index (χ2n) is 6.87. The van der Waals surface area contributed by atoms with Crippen molar-refractivity contribution in [3.63, 3.8) is 0 Å². The number of nitrogens with two attached hydrogens (primary N) is 1. The highest BCUT2D eigenvalue weighted by Crippen LogP contribution is 2.42. The van der Waals surface area contributed by atoms with Gasteiger partial charge in [-0.1, -0.05) is 18.2 Å². The largest absolute Gasteiger partial charge is 0.361 e. The standard InChI is InChI=1S/C20H24N4O/c1-5-13(6-2)16-9-15(18-11(3)23-25-12(18)4)10-17-19(16)22-20(24(17)21)14-7-8-14/h5,9-10,14H,6-8,21H2,1-4H3/b13-5+. The number of hydrogen-bond donors (Lipinski definition) is 1. The van der Waals surface area contributed by atoms with Crippen LogP contribution in [0.3, 0.4) is 0 Å². The van der Waals surface area contributed by atoms with Gasteiger partial charge in [0.05, 0.1) is 16.7 Å². The smallest absolute Gasteiger partial charge is 0.141 e. The van der Waals surface area contributed by atoms with E-state index in [1.165, 1.54) is 18.4 Å². The monoisotopic (exact) mass is 336 g/mol. The molecule has 0 unspecified atom stereocenters. The van der Waals surface area contributed by atoms with Crippen LogP contribution in [-0.4, -0.2) is 14.8 Å². The second kappa shape index (κ2) is 5.76. The normalized spacial score (nSPS) is 15.3. The Balaban J connectivity index is 2.04. The first-order valence-corrected chi connectivity index (χ1v) is 8.95. The van der Waals surface area contributed by atoms with Crippen molar-refractivity contribution in [3.05, 3.63) is 41.1 Å². The summed E-state index contributed by atoms with van der Waals surface area (Å²) in [6.07, 6.45) is 5.47. The third-order valence-electron chi connectivity index (χ3n) is 5.16. The highest BCUT2D eigenvalue weighted by atomic mass is 16.5. The van der Waals surface area contributed by atoms with Gasteiger partial charge in [0.1, 0.15) is 11.6 Å². The SMILES string of the molecule is C/C=C(\CC)c1cc(-c2c(C)noc2C)cc2c1nc(C1CC1)n2N. The van der Waals surface area contributed by atoms with Gasteiger partial charge in [-0.25, -0.2) is 9.66 Å². The third-order valence-corrected chi connectivity index (χ3v) is 5.16. The van der Waals surface area contributed by atoms with E-state index in [0.29, 0.717) is 5.92 Å². The minimum atomic E-state index is 0.503. The minimum Gasteiger partial charge on any atom is -0.361 e. The maximum Gasteiger partial charge on any atom is 0.141 e. The van der Waals surface area contributed by atoms with Crippen molar-refractivity contribution in [2.24, 2.45) is 0 Å². The third kappa shape index (κ3) is 2.46. The van der Waals surface area contributed by atoms with Gasteiger partial charge in [-0.05, 0) is 63.3 Å². The van der Waals surface area contributed by atoms with E-state index in [-0.39, 0.29) is 0 Å². The number of rotatable bonds is 4. The molecule has 2 aromatic heterocycles. The van der Waals surface area contributed by atoms with E-state index >= 15 is 0 Å². The Bertz CT molecular complexity index is 969. The first-order valence-electron chi connectivity index (χ1n) is 8.95. The van der Waals surface area contributed by atoms with Gasteiger partial charge in [0.15, 0.2) is 0 Å². The molecule has 2 heterocycles. The summed E-state index contributed by atoms with van der Waals surface area (Å²) in [6.45, 7) is 8.17. The van der Waals surface area contributed by atoms with Crippen LogP contribution < -0.4 is 5.84 Å². The maximum atomic E-state index is 6.43. The Morgan fingerprint density at radius 3 is 2.68 bits per heavy atom. The van der Waals surface area contributed by atoms with Crippen LogP contribution in [0.4, 0.5) is 0 Å². The Labute approximate surface area is 147 Å². The van der Waals surface area contributed by atoms with Crippen molar-refractivity contribution in [1.29, 1.82) is 0 Å². The van der Waals surface area contributed by atoms with Gasteiger partial charge in [-0.15, -0.1) is 0 Å². The summed E-state index contributed by atoms with van der Waals surface area (Å²) in [7, 11) is 0. The summed E-state index contributed by atoms with van der Waals surface area (Å²) in [5.74, 6) is 8.75. The topological polar surface area (TPSA) is 69.9 Å². The fourth-order valence-electron chi connectivity index (χ4n) is 3.68. The predicted molar refractivity (Wildman–Crippen MR) is 101 cm³/mol. The molecule has 1 aliphatic carbocycles. The summed E-state index contributed by atoms with van der Waals surface area (Å²) >= 11 is 0. The van der Waals surface area contributed by atoms with Crippen LogP contribution in [-0.2, 0) is 0 Å². The molecule has 4 rings (SSSR count). The number of nitrogens with zero attached hydrogens (tertiary/aromatic N) is 3. The molecular formula is C20H24N4O. The number of benzene rings is 1. The number of fused-ring (bicyclic) bond motifs is 1. The molecule has 0 aliphatic heterocycles. The summed E-state index contributed by atoms with van der Waals surface area (Å²) < 4.78 is 7.16. The zero-order valence-electron chi connectivity index (χ0n) is 15.3. The van der Waals surface area contributed by atoms with Gasteiger partial charge in [0, 0.05) is 17.0 Å². The Morgan fingerprint density at radius 1 is 1.36 bits per heavy atom. The Kier molecular flexibility index (Phi) is 3.67. The number of imidazole rings is 1. The lowest BCUT2D eigenvalue weighted by Crippen LogP contribution is -2.11. The molecule has 0 saturated heterocycles. The van der Waals surface area contributed by atoms with Gasteiger partial charge in [-0.3, -0.25) is 0 Å². The molecule has 0 spiro atoms. The second-order valence-corrected chi connectivity index (χ2v) is 6.87. The van der Waals surface area contributed by atoms with Gasteiger partial charge in [-0.2, -0.15) is 0 Å². The van der Waals surface area contributed by atoms with E-state index in [0.717, 1.165) is 51.4 Å². The molecule has 1 fully saturated rings. The van der Waals surface area contributed by atoms with Crippen molar-refractivity contribution >= 4 is 16.6 Å².